The number of hydrogen-bond donors (Lipinski definition) is 1. The number of alkyl halides is 6. The summed E-state index contributed by atoms with van der Waals surface area (Å²) in [6.45, 7) is -0.790. The first kappa shape index (κ1) is 14.3. The van der Waals surface area contributed by atoms with E-state index < -0.39 is 30.1 Å². The molecular formula is C9H5BrF6O. The van der Waals surface area contributed by atoms with Gasteiger partial charge in [-0.1, -0.05) is 15.9 Å². The molecule has 0 heterocycles. The number of aliphatic hydroxyl groups excluding tert-OH is 1. The Kier molecular flexibility index (Phi) is 3.78. The third kappa shape index (κ3) is 3.12. The van der Waals surface area contributed by atoms with E-state index in [-0.39, 0.29) is 16.1 Å². The fraction of sp³-hybridized carbons (Fsp3) is 0.333. The highest BCUT2D eigenvalue weighted by Gasteiger charge is 2.43. The van der Waals surface area contributed by atoms with Crippen LogP contribution in [-0.4, -0.2) is 5.11 Å². The third-order valence-electron chi connectivity index (χ3n) is 1.97. The lowest BCUT2D eigenvalue weighted by Gasteiger charge is -2.17. The summed E-state index contributed by atoms with van der Waals surface area (Å²) in [5.74, 6) is 0. The van der Waals surface area contributed by atoms with Crippen LogP contribution in [0.3, 0.4) is 0 Å². The number of rotatable bonds is 1. The molecule has 1 nitrogen and oxygen atoms in total. The number of hydrogen-bond acceptors (Lipinski definition) is 1. The first-order chi connectivity index (χ1) is 7.57. The average molecular weight is 323 g/mol. The van der Waals surface area contributed by atoms with Gasteiger partial charge in [-0.25, -0.2) is 0 Å². The predicted molar refractivity (Wildman–Crippen MR) is 50.1 cm³/mol. The van der Waals surface area contributed by atoms with Crippen molar-refractivity contribution in [2.45, 2.75) is 19.0 Å². The molecule has 8 heteroatoms. The molecule has 0 aliphatic carbocycles. The van der Waals surface area contributed by atoms with Gasteiger partial charge in [0.1, 0.15) is 0 Å². The van der Waals surface area contributed by atoms with Crippen molar-refractivity contribution in [3.05, 3.63) is 33.3 Å². The smallest absolute Gasteiger partial charge is 0.392 e. The first-order valence-electron chi connectivity index (χ1n) is 4.15. The van der Waals surface area contributed by atoms with Gasteiger partial charge >= 0.3 is 12.4 Å². The van der Waals surface area contributed by atoms with Crippen molar-refractivity contribution in [1.29, 1.82) is 0 Å². The highest BCUT2D eigenvalue weighted by molar-refractivity contribution is 9.10. The lowest BCUT2D eigenvalue weighted by atomic mass is 10.0. The monoisotopic (exact) mass is 322 g/mol. The van der Waals surface area contributed by atoms with Gasteiger partial charge in [-0.05, 0) is 17.7 Å². The summed E-state index contributed by atoms with van der Waals surface area (Å²) >= 11 is 2.67. The molecule has 1 aromatic carbocycles. The van der Waals surface area contributed by atoms with Crippen LogP contribution in [0.25, 0.3) is 0 Å². The molecule has 1 aromatic rings. The third-order valence-corrected chi connectivity index (χ3v) is 2.71. The fourth-order valence-electron chi connectivity index (χ4n) is 1.21. The first-order valence-corrected chi connectivity index (χ1v) is 4.94. The zero-order valence-electron chi connectivity index (χ0n) is 7.95. The van der Waals surface area contributed by atoms with Gasteiger partial charge in [-0.15, -0.1) is 0 Å². The zero-order valence-corrected chi connectivity index (χ0v) is 9.54. The Bertz CT molecular complexity index is 423. The van der Waals surface area contributed by atoms with Crippen LogP contribution in [0.5, 0.6) is 0 Å². The standard InChI is InChI=1S/C9H5BrF6O/c10-7-2-6(9(14,15)16)5(8(11,12)13)1-4(7)3-17/h1-2,17H,3H2. The second-order valence-electron chi connectivity index (χ2n) is 3.14. The lowest BCUT2D eigenvalue weighted by molar-refractivity contribution is -0.162. The molecular weight excluding hydrogens is 318 g/mol. The second-order valence-corrected chi connectivity index (χ2v) is 4.00. The Morgan fingerprint density at radius 1 is 0.941 bits per heavy atom. The maximum Gasteiger partial charge on any atom is 0.417 e. The van der Waals surface area contributed by atoms with Crippen LogP contribution in [0.4, 0.5) is 26.3 Å². The summed E-state index contributed by atoms with van der Waals surface area (Å²) < 4.78 is 74.3. The van der Waals surface area contributed by atoms with Crippen LogP contribution in [0.1, 0.15) is 16.7 Å². The van der Waals surface area contributed by atoms with E-state index >= 15 is 0 Å². The molecule has 96 valence electrons. The maximum absolute atomic E-state index is 12.4. The van der Waals surface area contributed by atoms with Gasteiger partial charge in [0.05, 0.1) is 17.7 Å². The molecule has 1 rings (SSSR count). The SMILES string of the molecule is OCc1cc(C(F)(F)F)c(C(F)(F)F)cc1Br. The van der Waals surface area contributed by atoms with Gasteiger partial charge < -0.3 is 5.11 Å². The maximum atomic E-state index is 12.4. The second kappa shape index (κ2) is 4.49. The molecule has 0 fully saturated rings. The Labute approximate surface area is 100 Å². The van der Waals surface area contributed by atoms with Gasteiger partial charge in [0, 0.05) is 4.47 Å². The Morgan fingerprint density at radius 2 is 1.35 bits per heavy atom. The van der Waals surface area contributed by atoms with E-state index in [9.17, 15) is 26.3 Å². The topological polar surface area (TPSA) is 20.2 Å². The van der Waals surface area contributed by atoms with Crippen LogP contribution in [0, 0.1) is 0 Å². The molecule has 1 N–H and O–H groups in total. The molecule has 0 saturated carbocycles. The molecule has 0 bridgehead atoms. The van der Waals surface area contributed by atoms with Crippen molar-refractivity contribution >= 4 is 15.9 Å². The zero-order chi connectivity index (χ0) is 13.4. The summed E-state index contributed by atoms with van der Waals surface area (Å²) in [6, 6.07) is 0.598. The van der Waals surface area contributed by atoms with E-state index in [0.717, 1.165) is 0 Å². The fourth-order valence-corrected chi connectivity index (χ4v) is 1.68. The molecule has 0 aliphatic rings. The molecule has 0 saturated heterocycles. The summed E-state index contributed by atoms with van der Waals surface area (Å²) in [5, 5.41) is 8.72. The van der Waals surface area contributed by atoms with E-state index in [0.29, 0.717) is 6.07 Å². The van der Waals surface area contributed by atoms with Gasteiger partial charge in [0.25, 0.3) is 0 Å². The average Bonchev–Trinajstić information content (AvgIpc) is 2.14. The molecule has 17 heavy (non-hydrogen) atoms. The lowest BCUT2D eigenvalue weighted by Crippen LogP contribution is -2.17. The quantitative estimate of drug-likeness (QED) is 0.775. The van der Waals surface area contributed by atoms with Gasteiger partial charge in [0.15, 0.2) is 0 Å². The van der Waals surface area contributed by atoms with Crippen LogP contribution in [0.15, 0.2) is 16.6 Å². The number of halogens is 7. The highest BCUT2D eigenvalue weighted by atomic mass is 79.9. The van der Waals surface area contributed by atoms with E-state index in [1.54, 1.807) is 0 Å². The minimum absolute atomic E-state index is 0.222. The van der Waals surface area contributed by atoms with Gasteiger partial charge in [-0.2, -0.15) is 26.3 Å². The van der Waals surface area contributed by atoms with E-state index in [4.69, 9.17) is 5.11 Å². The van der Waals surface area contributed by atoms with Crippen LogP contribution in [0.2, 0.25) is 0 Å². The predicted octanol–water partition coefficient (Wildman–Crippen LogP) is 3.98. The molecule has 0 unspecified atom stereocenters. The molecule has 0 aromatic heterocycles. The van der Waals surface area contributed by atoms with Crippen molar-refractivity contribution in [1.82, 2.24) is 0 Å². The van der Waals surface area contributed by atoms with Crippen molar-refractivity contribution in [2.75, 3.05) is 0 Å². The van der Waals surface area contributed by atoms with E-state index in [1.807, 2.05) is 0 Å². The molecule has 0 radical (unpaired) electrons. The van der Waals surface area contributed by atoms with Crippen molar-refractivity contribution in [3.8, 4) is 0 Å². The minimum atomic E-state index is -5.13. The van der Waals surface area contributed by atoms with Crippen molar-refractivity contribution in [3.63, 3.8) is 0 Å². The summed E-state index contributed by atoms with van der Waals surface area (Å²) in [5.41, 5.74) is -3.85. The Hall–Kier alpha value is -0.760. The van der Waals surface area contributed by atoms with E-state index in [2.05, 4.69) is 15.9 Å². The van der Waals surface area contributed by atoms with Crippen molar-refractivity contribution < 1.29 is 31.4 Å². The normalized spacial score (nSPS) is 12.9. The summed E-state index contributed by atoms with van der Waals surface area (Å²) in [6.07, 6.45) is -10.2. The summed E-state index contributed by atoms with van der Waals surface area (Å²) in [7, 11) is 0. The summed E-state index contributed by atoms with van der Waals surface area (Å²) in [4.78, 5) is 0. The van der Waals surface area contributed by atoms with Gasteiger partial charge in [-0.3, -0.25) is 0 Å². The molecule has 0 aliphatic heterocycles. The Morgan fingerprint density at radius 3 is 1.71 bits per heavy atom. The molecule has 0 spiro atoms. The van der Waals surface area contributed by atoms with Crippen LogP contribution in [-0.2, 0) is 19.0 Å². The number of benzene rings is 1. The van der Waals surface area contributed by atoms with Crippen LogP contribution >= 0.6 is 15.9 Å². The highest BCUT2D eigenvalue weighted by Crippen LogP contribution is 2.42. The van der Waals surface area contributed by atoms with Gasteiger partial charge in [0.2, 0.25) is 0 Å². The van der Waals surface area contributed by atoms with Crippen molar-refractivity contribution in [2.24, 2.45) is 0 Å². The Balaban J connectivity index is 3.54. The molecule has 0 amide bonds. The number of aliphatic hydroxyl groups is 1. The largest absolute Gasteiger partial charge is 0.417 e. The molecule has 0 atom stereocenters. The van der Waals surface area contributed by atoms with Crippen LogP contribution < -0.4 is 0 Å². The van der Waals surface area contributed by atoms with E-state index in [1.165, 1.54) is 0 Å². The minimum Gasteiger partial charge on any atom is -0.392 e.